The van der Waals surface area contributed by atoms with Crippen LogP contribution in [0.2, 0.25) is 19.6 Å². The smallest absolute Gasteiger partial charge is 0.185 e. The van der Waals surface area contributed by atoms with Gasteiger partial charge >= 0.3 is 0 Å². The molecular weight excluding hydrogens is 230 g/mol. The van der Waals surface area contributed by atoms with Gasteiger partial charge in [0, 0.05) is 0 Å². The van der Waals surface area contributed by atoms with E-state index in [1.54, 1.807) is 0 Å². The van der Waals surface area contributed by atoms with Gasteiger partial charge in [-0.3, -0.25) is 0 Å². The van der Waals surface area contributed by atoms with Crippen LogP contribution in [0, 0.1) is 11.3 Å². The van der Waals surface area contributed by atoms with Gasteiger partial charge in [0.05, 0.1) is 17.6 Å². The maximum absolute atomic E-state index is 11.5. The van der Waals surface area contributed by atoms with Gasteiger partial charge in [-0.2, -0.15) is 5.26 Å². The Balaban J connectivity index is 2.92. The van der Waals surface area contributed by atoms with Crippen molar-refractivity contribution in [3.8, 4) is 6.07 Å². The van der Waals surface area contributed by atoms with Crippen molar-refractivity contribution in [2.45, 2.75) is 38.1 Å². The minimum absolute atomic E-state index is 0.138. The molecule has 6 heteroatoms. The number of sulfone groups is 1. The zero-order chi connectivity index (χ0) is 11.7. The molecule has 86 valence electrons. The van der Waals surface area contributed by atoms with E-state index in [4.69, 9.17) is 9.69 Å². The number of rotatable bonds is 2. The molecule has 0 aliphatic carbocycles. The van der Waals surface area contributed by atoms with E-state index in [-0.39, 0.29) is 11.5 Å². The molecule has 0 bridgehead atoms. The predicted molar refractivity (Wildman–Crippen MR) is 60.7 cm³/mol. The minimum atomic E-state index is -3.10. The van der Waals surface area contributed by atoms with Crippen LogP contribution >= 0.6 is 0 Å². The van der Waals surface area contributed by atoms with Crippen LogP contribution in [0.5, 0.6) is 0 Å². The van der Waals surface area contributed by atoms with Crippen LogP contribution in [0.3, 0.4) is 0 Å². The van der Waals surface area contributed by atoms with Gasteiger partial charge in [0.15, 0.2) is 23.8 Å². The molecule has 1 atom stereocenters. The zero-order valence-corrected chi connectivity index (χ0v) is 11.2. The summed E-state index contributed by atoms with van der Waals surface area (Å²) in [4.78, 5) is 0. The first-order valence-electron chi connectivity index (χ1n) is 5.00. The van der Waals surface area contributed by atoms with Crippen molar-refractivity contribution < 1.29 is 12.8 Å². The molecule has 1 heterocycles. The standard InChI is InChI=1S/C9H17NO3SSi/c1-15(2,3)13-9(7-10)5-4-6-14(11,12)8-9/h4-6,8H2,1-3H3. The third-order valence-electron chi connectivity index (χ3n) is 2.19. The highest BCUT2D eigenvalue weighted by atomic mass is 32.2. The molecule has 0 amide bonds. The van der Waals surface area contributed by atoms with E-state index in [1.165, 1.54) is 0 Å². The molecule has 1 aliphatic rings. The summed E-state index contributed by atoms with van der Waals surface area (Å²) in [5, 5.41) is 9.12. The second-order valence-electron chi connectivity index (χ2n) is 5.02. The minimum Gasteiger partial charge on any atom is -0.399 e. The Hall–Kier alpha value is -0.383. The number of hydrogen-bond acceptors (Lipinski definition) is 4. The summed E-state index contributed by atoms with van der Waals surface area (Å²) in [6.07, 6.45) is 1.06. The van der Waals surface area contributed by atoms with E-state index in [1.807, 2.05) is 19.6 Å². The lowest BCUT2D eigenvalue weighted by Crippen LogP contribution is -2.49. The molecule has 0 aromatic rings. The summed E-state index contributed by atoms with van der Waals surface area (Å²) >= 11 is 0. The zero-order valence-electron chi connectivity index (χ0n) is 9.41. The lowest BCUT2D eigenvalue weighted by molar-refractivity contribution is 0.128. The molecule has 1 rings (SSSR count). The Morgan fingerprint density at radius 3 is 2.40 bits per heavy atom. The average molecular weight is 247 g/mol. The summed E-state index contributed by atoms with van der Waals surface area (Å²) in [7, 11) is -4.99. The fourth-order valence-corrected chi connectivity index (χ4v) is 5.06. The molecule has 1 fully saturated rings. The Morgan fingerprint density at radius 2 is 2.00 bits per heavy atom. The van der Waals surface area contributed by atoms with E-state index < -0.39 is 23.8 Å². The molecule has 1 unspecified atom stereocenters. The van der Waals surface area contributed by atoms with E-state index in [9.17, 15) is 8.42 Å². The van der Waals surface area contributed by atoms with Crippen molar-refractivity contribution in [3.63, 3.8) is 0 Å². The Labute approximate surface area is 92.3 Å². The van der Waals surface area contributed by atoms with Crippen molar-refractivity contribution in [2.75, 3.05) is 11.5 Å². The van der Waals surface area contributed by atoms with Crippen LogP contribution in [-0.2, 0) is 14.3 Å². The summed E-state index contributed by atoms with van der Waals surface area (Å²) < 4.78 is 28.7. The first-order valence-corrected chi connectivity index (χ1v) is 10.2. The molecule has 4 nitrogen and oxygen atoms in total. The van der Waals surface area contributed by atoms with Crippen LogP contribution < -0.4 is 0 Å². The SMILES string of the molecule is C[Si](C)(C)OC1(C#N)CCCS(=O)(=O)C1. The molecule has 0 aromatic carbocycles. The van der Waals surface area contributed by atoms with Crippen molar-refractivity contribution in [1.29, 1.82) is 5.26 Å². The Morgan fingerprint density at radius 1 is 1.40 bits per heavy atom. The topological polar surface area (TPSA) is 67.2 Å². The molecule has 0 radical (unpaired) electrons. The lowest BCUT2D eigenvalue weighted by Gasteiger charge is -2.35. The maximum atomic E-state index is 11.5. The highest BCUT2D eigenvalue weighted by Crippen LogP contribution is 2.29. The first-order chi connectivity index (χ1) is 6.68. The normalized spacial score (nSPS) is 30.8. The Bertz CT molecular complexity index is 379. The van der Waals surface area contributed by atoms with E-state index in [0.29, 0.717) is 12.8 Å². The highest BCUT2D eigenvalue weighted by Gasteiger charge is 2.43. The molecule has 0 saturated carbocycles. The Kier molecular flexibility index (Phi) is 3.29. The second kappa shape index (κ2) is 3.89. The van der Waals surface area contributed by atoms with Gasteiger partial charge < -0.3 is 4.43 Å². The first kappa shape index (κ1) is 12.7. The fraction of sp³-hybridized carbons (Fsp3) is 0.889. The predicted octanol–water partition coefficient (Wildman–Crippen LogP) is 1.31. The highest BCUT2D eigenvalue weighted by molar-refractivity contribution is 7.91. The van der Waals surface area contributed by atoms with Gasteiger partial charge in [0.2, 0.25) is 0 Å². The second-order valence-corrected chi connectivity index (χ2v) is 11.6. The summed E-state index contributed by atoms with van der Waals surface area (Å²) in [5.41, 5.74) is -1.08. The molecule has 0 N–H and O–H groups in total. The fourth-order valence-electron chi connectivity index (χ4n) is 1.85. The number of nitriles is 1. The summed E-state index contributed by atoms with van der Waals surface area (Å²) in [6.45, 7) is 5.90. The van der Waals surface area contributed by atoms with Gasteiger partial charge in [0.1, 0.15) is 0 Å². The van der Waals surface area contributed by atoms with Gasteiger partial charge in [0.25, 0.3) is 0 Å². The van der Waals surface area contributed by atoms with E-state index >= 15 is 0 Å². The molecule has 1 aliphatic heterocycles. The lowest BCUT2D eigenvalue weighted by atomic mass is 10.0. The molecular formula is C9H17NO3SSi. The third kappa shape index (κ3) is 3.59. The van der Waals surface area contributed by atoms with Crippen molar-refractivity contribution in [2.24, 2.45) is 0 Å². The number of nitrogens with zero attached hydrogens (tertiary/aromatic N) is 1. The molecule has 1 saturated heterocycles. The van der Waals surface area contributed by atoms with E-state index in [2.05, 4.69) is 6.07 Å². The van der Waals surface area contributed by atoms with Crippen LogP contribution in [0.1, 0.15) is 12.8 Å². The van der Waals surface area contributed by atoms with Crippen LogP contribution in [-0.4, -0.2) is 33.8 Å². The molecule has 0 aromatic heterocycles. The van der Waals surface area contributed by atoms with Crippen molar-refractivity contribution >= 4 is 18.2 Å². The summed E-state index contributed by atoms with van der Waals surface area (Å²) in [5.74, 6) is 0.0479. The molecule has 0 spiro atoms. The maximum Gasteiger partial charge on any atom is 0.185 e. The van der Waals surface area contributed by atoms with Crippen LogP contribution in [0.15, 0.2) is 0 Å². The average Bonchev–Trinajstić information content (AvgIpc) is 1.99. The third-order valence-corrected chi connectivity index (χ3v) is 5.01. The molecule has 15 heavy (non-hydrogen) atoms. The summed E-state index contributed by atoms with van der Waals surface area (Å²) in [6, 6.07) is 2.06. The number of hydrogen-bond donors (Lipinski definition) is 0. The van der Waals surface area contributed by atoms with Crippen LogP contribution in [0.4, 0.5) is 0 Å². The quantitative estimate of drug-likeness (QED) is 0.690. The van der Waals surface area contributed by atoms with Crippen LogP contribution in [0.25, 0.3) is 0 Å². The van der Waals surface area contributed by atoms with Gasteiger partial charge in [-0.25, -0.2) is 8.42 Å². The monoisotopic (exact) mass is 247 g/mol. The van der Waals surface area contributed by atoms with Gasteiger partial charge in [-0.1, -0.05) is 0 Å². The van der Waals surface area contributed by atoms with Gasteiger partial charge in [-0.05, 0) is 32.5 Å². The van der Waals surface area contributed by atoms with Gasteiger partial charge in [-0.15, -0.1) is 0 Å². The largest absolute Gasteiger partial charge is 0.399 e. The van der Waals surface area contributed by atoms with Crippen molar-refractivity contribution in [3.05, 3.63) is 0 Å². The van der Waals surface area contributed by atoms with E-state index in [0.717, 1.165) is 0 Å². The van der Waals surface area contributed by atoms with Crippen molar-refractivity contribution in [1.82, 2.24) is 0 Å².